The van der Waals surface area contributed by atoms with Gasteiger partial charge in [0.05, 0.1) is 5.69 Å². The van der Waals surface area contributed by atoms with Crippen molar-refractivity contribution in [2.75, 3.05) is 11.4 Å². The van der Waals surface area contributed by atoms with Crippen molar-refractivity contribution in [3.8, 4) is 5.69 Å². The van der Waals surface area contributed by atoms with Crippen molar-refractivity contribution in [1.29, 1.82) is 0 Å². The normalized spacial score (nSPS) is 13.6. The van der Waals surface area contributed by atoms with Crippen LogP contribution in [0.3, 0.4) is 0 Å². The molecule has 2 heterocycles. The maximum absolute atomic E-state index is 13.0. The van der Waals surface area contributed by atoms with E-state index in [1.165, 1.54) is 17.7 Å². The Hall–Kier alpha value is -2.95. The number of aryl methyl sites for hydroxylation is 1. The van der Waals surface area contributed by atoms with Gasteiger partial charge in [-0.3, -0.25) is 4.79 Å². The summed E-state index contributed by atoms with van der Waals surface area (Å²) in [5.74, 6) is -0.407. The van der Waals surface area contributed by atoms with E-state index >= 15 is 0 Å². The highest BCUT2D eigenvalue weighted by Crippen LogP contribution is 2.27. The summed E-state index contributed by atoms with van der Waals surface area (Å²) in [5, 5.41) is 4.36. The maximum Gasteiger partial charge on any atom is 0.278 e. The van der Waals surface area contributed by atoms with Crippen LogP contribution in [0.5, 0.6) is 0 Å². The highest BCUT2D eigenvalue weighted by Gasteiger charge is 2.24. The van der Waals surface area contributed by atoms with Gasteiger partial charge in [0.15, 0.2) is 5.69 Å². The fourth-order valence-electron chi connectivity index (χ4n) is 3.06. The first kappa shape index (κ1) is 14.6. The van der Waals surface area contributed by atoms with Gasteiger partial charge in [-0.05, 0) is 54.8 Å². The van der Waals surface area contributed by atoms with Gasteiger partial charge in [-0.2, -0.15) is 5.10 Å². The molecule has 1 amide bonds. The molecule has 0 N–H and O–H groups in total. The minimum atomic E-state index is -0.299. The smallest absolute Gasteiger partial charge is 0.278 e. The molecule has 3 aromatic rings. The molecule has 2 aromatic carbocycles. The van der Waals surface area contributed by atoms with Gasteiger partial charge in [0.1, 0.15) is 5.82 Å². The number of para-hydroxylation sites is 1. The molecule has 1 aliphatic heterocycles. The van der Waals surface area contributed by atoms with Crippen molar-refractivity contribution < 1.29 is 9.18 Å². The summed E-state index contributed by atoms with van der Waals surface area (Å²) in [6.07, 6.45) is 3.65. The highest BCUT2D eigenvalue weighted by atomic mass is 19.1. The van der Waals surface area contributed by atoms with Crippen LogP contribution in [0.15, 0.2) is 60.8 Å². The minimum Gasteiger partial charge on any atom is -0.307 e. The van der Waals surface area contributed by atoms with Crippen LogP contribution in [0.1, 0.15) is 22.5 Å². The molecule has 120 valence electrons. The highest BCUT2D eigenvalue weighted by molar-refractivity contribution is 6.05. The first-order valence-electron chi connectivity index (χ1n) is 7.94. The summed E-state index contributed by atoms with van der Waals surface area (Å²) < 4.78 is 14.6. The third kappa shape index (κ3) is 2.58. The van der Waals surface area contributed by atoms with Crippen LogP contribution in [0.4, 0.5) is 10.1 Å². The predicted molar refractivity (Wildman–Crippen MR) is 90.0 cm³/mol. The Bertz CT molecular complexity index is 886. The van der Waals surface area contributed by atoms with E-state index in [0.29, 0.717) is 12.2 Å². The molecule has 0 saturated heterocycles. The molecule has 24 heavy (non-hydrogen) atoms. The number of fused-ring (bicyclic) bond motifs is 1. The monoisotopic (exact) mass is 321 g/mol. The number of carbonyl (C=O) groups is 1. The molecule has 0 fully saturated rings. The standard InChI is InChI=1S/C19H16FN3O/c20-15-7-9-16(10-8-15)23-13-11-17(21-23)19(24)22-12-3-5-14-4-1-2-6-18(14)22/h1-2,4,6-11,13H,3,5,12H2. The Morgan fingerprint density at radius 1 is 1.04 bits per heavy atom. The molecular formula is C19H16FN3O. The van der Waals surface area contributed by atoms with Gasteiger partial charge in [0.25, 0.3) is 5.91 Å². The third-order valence-corrected chi connectivity index (χ3v) is 4.25. The molecule has 5 heteroatoms. The fraction of sp³-hybridized carbons (Fsp3) is 0.158. The van der Waals surface area contributed by atoms with E-state index in [0.717, 1.165) is 24.2 Å². The van der Waals surface area contributed by atoms with Crippen LogP contribution >= 0.6 is 0 Å². The SMILES string of the molecule is O=C(c1ccn(-c2ccc(F)cc2)n1)N1CCCc2ccccc21. The van der Waals surface area contributed by atoms with Gasteiger partial charge in [-0.25, -0.2) is 9.07 Å². The lowest BCUT2D eigenvalue weighted by molar-refractivity contribution is 0.0980. The molecule has 0 bridgehead atoms. The van der Waals surface area contributed by atoms with E-state index in [1.54, 1.807) is 34.0 Å². The van der Waals surface area contributed by atoms with Crippen LogP contribution < -0.4 is 4.90 Å². The van der Waals surface area contributed by atoms with E-state index in [-0.39, 0.29) is 11.7 Å². The van der Waals surface area contributed by atoms with Gasteiger partial charge in [0, 0.05) is 18.4 Å². The molecule has 4 nitrogen and oxygen atoms in total. The zero-order valence-corrected chi connectivity index (χ0v) is 13.0. The summed E-state index contributed by atoms with van der Waals surface area (Å²) in [6, 6.07) is 15.7. The van der Waals surface area contributed by atoms with Crippen LogP contribution in [0.2, 0.25) is 0 Å². The number of nitrogens with zero attached hydrogens (tertiary/aromatic N) is 3. The number of halogens is 1. The van der Waals surface area contributed by atoms with Crippen LogP contribution in [-0.4, -0.2) is 22.2 Å². The third-order valence-electron chi connectivity index (χ3n) is 4.25. The van der Waals surface area contributed by atoms with E-state index in [2.05, 4.69) is 11.2 Å². The van der Waals surface area contributed by atoms with Gasteiger partial charge < -0.3 is 4.90 Å². The van der Waals surface area contributed by atoms with Crippen molar-refractivity contribution >= 4 is 11.6 Å². The van der Waals surface area contributed by atoms with Gasteiger partial charge in [0.2, 0.25) is 0 Å². The molecule has 4 rings (SSSR count). The van der Waals surface area contributed by atoms with Crippen molar-refractivity contribution in [3.05, 3.63) is 77.9 Å². The molecule has 0 unspecified atom stereocenters. The van der Waals surface area contributed by atoms with E-state index in [1.807, 2.05) is 18.2 Å². The van der Waals surface area contributed by atoms with Gasteiger partial charge in [-0.1, -0.05) is 18.2 Å². The van der Waals surface area contributed by atoms with Crippen molar-refractivity contribution in [3.63, 3.8) is 0 Å². The second-order valence-electron chi connectivity index (χ2n) is 5.81. The van der Waals surface area contributed by atoms with Gasteiger partial charge >= 0.3 is 0 Å². The fourth-order valence-corrected chi connectivity index (χ4v) is 3.06. The molecule has 0 spiro atoms. The Balaban J connectivity index is 1.63. The Morgan fingerprint density at radius 3 is 2.67 bits per heavy atom. The lowest BCUT2D eigenvalue weighted by Crippen LogP contribution is -2.35. The first-order chi connectivity index (χ1) is 11.7. The molecular weight excluding hydrogens is 305 g/mol. The number of hydrogen-bond acceptors (Lipinski definition) is 2. The predicted octanol–water partition coefficient (Wildman–Crippen LogP) is 3.60. The average molecular weight is 321 g/mol. The Morgan fingerprint density at radius 2 is 1.83 bits per heavy atom. The lowest BCUT2D eigenvalue weighted by Gasteiger charge is -2.28. The number of carbonyl (C=O) groups excluding carboxylic acids is 1. The summed E-state index contributed by atoms with van der Waals surface area (Å²) >= 11 is 0. The number of aromatic nitrogens is 2. The van der Waals surface area contributed by atoms with Crippen molar-refractivity contribution in [2.24, 2.45) is 0 Å². The zero-order chi connectivity index (χ0) is 16.5. The molecule has 0 aliphatic carbocycles. The van der Waals surface area contributed by atoms with Crippen molar-refractivity contribution in [2.45, 2.75) is 12.8 Å². The molecule has 1 aromatic heterocycles. The zero-order valence-electron chi connectivity index (χ0n) is 13.0. The number of anilines is 1. The summed E-state index contributed by atoms with van der Waals surface area (Å²) in [7, 11) is 0. The summed E-state index contributed by atoms with van der Waals surface area (Å²) in [4.78, 5) is 14.6. The maximum atomic E-state index is 13.0. The summed E-state index contributed by atoms with van der Waals surface area (Å²) in [5.41, 5.74) is 3.26. The van der Waals surface area contributed by atoms with Crippen LogP contribution in [0, 0.1) is 5.82 Å². The van der Waals surface area contributed by atoms with Crippen LogP contribution in [0.25, 0.3) is 5.69 Å². The minimum absolute atomic E-state index is 0.108. The molecule has 0 saturated carbocycles. The first-order valence-corrected chi connectivity index (χ1v) is 7.94. The topological polar surface area (TPSA) is 38.1 Å². The summed E-state index contributed by atoms with van der Waals surface area (Å²) in [6.45, 7) is 0.694. The molecule has 0 atom stereocenters. The van der Waals surface area contributed by atoms with Crippen molar-refractivity contribution in [1.82, 2.24) is 9.78 Å². The van der Waals surface area contributed by atoms with Gasteiger partial charge in [-0.15, -0.1) is 0 Å². The lowest BCUT2D eigenvalue weighted by atomic mass is 10.0. The second-order valence-corrected chi connectivity index (χ2v) is 5.81. The number of benzene rings is 2. The second kappa shape index (κ2) is 5.92. The number of amides is 1. The Labute approximate surface area is 139 Å². The Kier molecular flexibility index (Phi) is 3.61. The van der Waals surface area contributed by atoms with E-state index in [4.69, 9.17) is 0 Å². The largest absolute Gasteiger partial charge is 0.307 e. The number of rotatable bonds is 2. The molecule has 0 radical (unpaired) electrons. The molecule has 1 aliphatic rings. The van der Waals surface area contributed by atoms with Crippen LogP contribution in [-0.2, 0) is 6.42 Å². The number of hydrogen-bond donors (Lipinski definition) is 0. The van der Waals surface area contributed by atoms with E-state index in [9.17, 15) is 9.18 Å². The van der Waals surface area contributed by atoms with E-state index < -0.39 is 0 Å². The quantitative estimate of drug-likeness (QED) is 0.723. The average Bonchev–Trinajstić information content (AvgIpc) is 3.11.